The van der Waals surface area contributed by atoms with Crippen LogP contribution in [0, 0.1) is 0 Å². The van der Waals surface area contributed by atoms with Crippen LogP contribution < -0.4 is 0 Å². The van der Waals surface area contributed by atoms with E-state index in [2.05, 4.69) is 26.1 Å². The van der Waals surface area contributed by atoms with Crippen LogP contribution >= 0.6 is 15.9 Å². The Labute approximate surface area is 101 Å². The first kappa shape index (κ1) is 10.9. The van der Waals surface area contributed by atoms with Crippen LogP contribution in [-0.2, 0) is 6.54 Å². The third kappa shape index (κ3) is 2.49. The predicted molar refractivity (Wildman–Crippen MR) is 64.7 cm³/mol. The van der Waals surface area contributed by atoms with Crippen molar-refractivity contribution >= 4 is 21.6 Å². The largest absolute Gasteiger partial charge is 0.411 e. The molecule has 0 fully saturated rings. The van der Waals surface area contributed by atoms with Gasteiger partial charge >= 0.3 is 0 Å². The van der Waals surface area contributed by atoms with Crippen LogP contribution in [0.25, 0.3) is 0 Å². The quantitative estimate of drug-likeness (QED) is 0.533. The lowest BCUT2D eigenvalue weighted by atomic mass is 10.1. The van der Waals surface area contributed by atoms with Crippen LogP contribution in [0.3, 0.4) is 0 Å². The van der Waals surface area contributed by atoms with Crippen LogP contribution in [0.15, 0.2) is 52.6 Å². The zero-order valence-electron chi connectivity index (χ0n) is 8.42. The maximum absolute atomic E-state index is 8.99. The minimum atomic E-state index is 0.498. The summed E-state index contributed by atoms with van der Waals surface area (Å²) < 4.78 is 2.84. The number of halogens is 1. The number of hydrogen-bond donors (Lipinski definition) is 1. The molecule has 0 saturated carbocycles. The number of benzene rings is 1. The highest BCUT2D eigenvalue weighted by Gasteiger charge is 2.04. The van der Waals surface area contributed by atoms with Gasteiger partial charge < -0.3 is 9.77 Å². The van der Waals surface area contributed by atoms with Gasteiger partial charge in [-0.2, -0.15) is 0 Å². The maximum Gasteiger partial charge on any atom is 0.106 e. The van der Waals surface area contributed by atoms with Gasteiger partial charge in [-0.1, -0.05) is 33.2 Å². The molecule has 0 saturated heterocycles. The summed E-state index contributed by atoms with van der Waals surface area (Å²) in [6.07, 6.45) is 5.20. The molecule has 2 rings (SSSR count). The summed E-state index contributed by atoms with van der Waals surface area (Å²) in [5.41, 5.74) is 1.49. The Morgan fingerprint density at radius 1 is 1.38 bits per heavy atom. The molecule has 1 heterocycles. The monoisotopic (exact) mass is 279 g/mol. The summed E-state index contributed by atoms with van der Waals surface area (Å²) in [7, 11) is 0. The second-order valence-corrected chi connectivity index (χ2v) is 4.20. The molecule has 1 aromatic heterocycles. The van der Waals surface area contributed by atoms with Crippen molar-refractivity contribution in [1.29, 1.82) is 0 Å². The molecule has 0 atom stereocenters. The Morgan fingerprint density at radius 3 is 2.69 bits per heavy atom. The molecule has 2 aromatic rings. The van der Waals surface area contributed by atoms with Crippen LogP contribution in [-0.4, -0.2) is 20.5 Å². The molecule has 0 spiro atoms. The van der Waals surface area contributed by atoms with Crippen molar-refractivity contribution in [2.24, 2.45) is 5.16 Å². The highest BCUT2D eigenvalue weighted by atomic mass is 79.9. The highest BCUT2D eigenvalue weighted by molar-refractivity contribution is 9.10. The standard InChI is InChI=1S/C11H10BrN3O/c12-10-3-1-9(2-4-10)11(14-16)7-15-6-5-13-8-15/h1-6,8,16H,7H2/b14-11-. The average molecular weight is 280 g/mol. The molecule has 16 heavy (non-hydrogen) atoms. The second kappa shape index (κ2) is 4.94. The molecule has 0 bridgehead atoms. The summed E-state index contributed by atoms with van der Waals surface area (Å²) in [6.45, 7) is 0.498. The molecule has 1 N–H and O–H groups in total. The second-order valence-electron chi connectivity index (χ2n) is 3.29. The Balaban J connectivity index is 2.20. The van der Waals surface area contributed by atoms with E-state index in [1.54, 1.807) is 12.5 Å². The SMILES string of the molecule is O/N=C(/Cn1ccnc1)c1ccc(Br)cc1. The Bertz CT molecular complexity index is 476. The van der Waals surface area contributed by atoms with E-state index in [0.29, 0.717) is 12.3 Å². The van der Waals surface area contributed by atoms with E-state index in [9.17, 15) is 0 Å². The number of rotatable bonds is 3. The first-order valence-corrected chi connectivity index (χ1v) is 5.51. The van der Waals surface area contributed by atoms with Gasteiger partial charge in [-0.3, -0.25) is 0 Å². The van der Waals surface area contributed by atoms with Crippen LogP contribution in [0.5, 0.6) is 0 Å². The summed E-state index contributed by atoms with van der Waals surface area (Å²) in [5.74, 6) is 0. The zero-order chi connectivity index (χ0) is 11.4. The Hall–Kier alpha value is -1.62. The number of imidazole rings is 1. The van der Waals surface area contributed by atoms with Gasteiger partial charge in [-0.05, 0) is 12.1 Å². The van der Waals surface area contributed by atoms with Crippen molar-refractivity contribution in [2.75, 3.05) is 0 Å². The molecular formula is C11H10BrN3O. The smallest absolute Gasteiger partial charge is 0.106 e. The molecule has 0 aliphatic heterocycles. The van der Waals surface area contributed by atoms with E-state index in [0.717, 1.165) is 10.0 Å². The van der Waals surface area contributed by atoms with Gasteiger partial charge in [0.25, 0.3) is 0 Å². The predicted octanol–water partition coefficient (Wildman–Crippen LogP) is 2.52. The van der Waals surface area contributed by atoms with Crippen molar-refractivity contribution in [3.63, 3.8) is 0 Å². The maximum atomic E-state index is 8.99. The number of nitrogens with zero attached hydrogens (tertiary/aromatic N) is 3. The third-order valence-electron chi connectivity index (χ3n) is 2.19. The van der Waals surface area contributed by atoms with E-state index in [1.807, 2.05) is 35.0 Å². The summed E-state index contributed by atoms with van der Waals surface area (Å²) in [4.78, 5) is 3.94. The van der Waals surface area contributed by atoms with Crippen molar-refractivity contribution in [3.8, 4) is 0 Å². The molecule has 82 valence electrons. The molecule has 4 nitrogen and oxygen atoms in total. The molecular weight excluding hydrogens is 270 g/mol. The van der Waals surface area contributed by atoms with E-state index in [4.69, 9.17) is 5.21 Å². The lowest BCUT2D eigenvalue weighted by Gasteiger charge is -2.05. The molecule has 0 aliphatic carbocycles. The first-order chi connectivity index (χ1) is 7.79. The number of oxime groups is 1. The fourth-order valence-corrected chi connectivity index (χ4v) is 1.64. The molecule has 0 aliphatic rings. The zero-order valence-corrected chi connectivity index (χ0v) is 10.0. The summed E-state index contributed by atoms with van der Waals surface area (Å²) in [6, 6.07) is 7.62. The highest BCUT2D eigenvalue weighted by Crippen LogP contribution is 2.12. The van der Waals surface area contributed by atoms with Gasteiger partial charge in [-0.15, -0.1) is 0 Å². The normalized spacial score (nSPS) is 11.7. The van der Waals surface area contributed by atoms with E-state index in [1.165, 1.54) is 0 Å². The van der Waals surface area contributed by atoms with Crippen LogP contribution in [0.4, 0.5) is 0 Å². The summed E-state index contributed by atoms with van der Waals surface area (Å²) in [5, 5.41) is 12.3. The molecule has 0 unspecified atom stereocenters. The third-order valence-corrected chi connectivity index (χ3v) is 2.72. The molecule has 0 amide bonds. The topological polar surface area (TPSA) is 50.4 Å². The van der Waals surface area contributed by atoms with Gasteiger partial charge in [0.2, 0.25) is 0 Å². The van der Waals surface area contributed by atoms with E-state index < -0.39 is 0 Å². The lowest BCUT2D eigenvalue weighted by Crippen LogP contribution is -2.10. The molecule has 0 radical (unpaired) electrons. The van der Waals surface area contributed by atoms with Crippen molar-refractivity contribution < 1.29 is 5.21 Å². The van der Waals surface area contributed by atoms with Gasteiger partial charge in [0, 0.05) is 22.4 Å². The van der Waals surface area contributed by atoms with Crippen molar-refractivity contribution in [1.82, 2.24) is 9.55 Å². The number of aromatic nitrogens is 2. The number of hydrogen-bond acceptors (Lipinski definition) is 3. The molecule has 1 aromatic carbocycles. The van der Waals surface area contributed by atoms with Gasteiger partial charge in [0.05, 0.1) is 12.9 Å². The van der Waals surface area contributed by atoms with Gasteiger partial charge in [0.15, 0.2) is 0 Å². The fourth-order valence-electron chi connectivity index (χ4n) is 1.38. The Kier molecular flexibility index (Phi) is 3.36. The van der Waals surface area contributed by atoms with Gasteiger partial charge in [0.1, 0.15) is 5.71 Å². The molecule has 5 heteroatoms. The Morgan fingerprint density at radius 2 is 2.12 bits per heavy atom. The van der Waals surface area contributed by atoms with Crippen molar-refractivity contribution in [3.05, 3.63) is 53.0 Å². The summed E-state index contributed by atoms with van der Waals surface area (Å²) >= 11 is 3.36. The fraction of sp³-hybridized carbons (Fsp3) is 0.0909. The average Bonchev–Trinajstić information content (AvgIpc) is 2.80. The van der Waals surface area contributed by atoms with E-state index >= 15 is 0 Å². The van der Waals surface area contributed by atoms with E-state index in [-0.39, 0.29) is 0 Å². The van der Waals surface area contributed by atoms with Crippen molar-refractivity contribution in [2.45, 2.75) is 6.54 Å². The minimum Gasteiger partial charge on any atom is -0.411 e. The minimum absolute atomic E-state index is 0.498. The lowest BCUT2D eigenvalue weighted by molar-refractivity contribution is 0.317. The first-order valence-electron chi connectivity index (χ1n) is 4.72. The van der Waals surface area contributed by atoms with Crippen LogP contribution in [0.1, 0.15) is 5.56 Å². The van der Waals surface area contributed by atoms with Crippen LogP contribution in [0.2, 0.25) is 0 Å². The van der Waals surface area contributed by atoms with Gasteiger partial charge in [-0.25, -0.2) is 4.98 Å².